The molecule has 7 nitrogen and oxygen atoms in total. The number of aromatic nitrogens is 4. The number of methoxy groups -OCH3 is 1. The van der Waals surface area contributed by atoms with E-state index < -0.39 is 0 Å². The van der Waals surface area contributed by atoms with Crippen molar-refractivity contribution in [3.8, 4) is 0 Å². The van der Waals surface area contributed by atoms with E-state index in [2.05, 4.69) is 78.7 Å². The third kappa shape index (κ3) is 5.35. The van der Waals surface area contributed by atoms with Crippen molar-refractivity contribution in [3.63, 3.8) is 0 Å². The Hall–Kier alpha value is -3.23. The summed E-state index contributed by atoms with van der Waals surface area (Å²) in [4.78, 5) is 30.5. The molecule has 0 amide bonds. The second kappa shape index (κ2) is 12.2. The summed E-state index contributed by atoms with van der Waals surface area (Å²) in [5.74, 6) is -0.156. The topological polar surface area (TPSA) is 92.9 Å². The van der Waals surface area contributed by atoms with Gasteiger partial charge in [-0.3, -0.25) is 4.98 Å². The summed E-state index contributed by atoms with van der Waals surface area (Å²) in [6.45, 7) is 15.5. The van der Waals surface area contributed by atoms with Gasteiger partial charge in [0.1, 0.15) is 0 Å². The highest BCUT2D eigenvalue weighted by Gasteiger charge is 2.28. The molecule has 0 aliphatic carbocycles. The van der Waals surface area contributed by atoms with Crippen LogP contribution in [0.1, 0.15) is 96.7 Å². The molecule has 2 N–H and O–H groups in total. The molecule has 222 valence electrons. The SMILES string of the molecule is CCc1c(C)c2cc3[nH]c(cc4nc(c(C)c5nc(cc1[nH]2)C(C)=C5C(=O)OC)CC4C)c(C)c3C(C)OCCCBr. The van der Waals surface area contributed by atoms with Crippen molar-refractivity contribution >= 4 is 55.1 Å². The largest absolute Gasteiger partial charge is 0.465 e. The number of nitrogens with one attached hydrogen (secondary N) is 2. The van der Waals surface area contributed by atoms with E-state index in [1.54, 1.807) is 0 Å². The van der Waals surface area contributed by atoms with Crippen LogP contribution >= 0.6 is 15.9 Å². The molecule has 0 saturated heterocycles. The second-order valence-electron chi connectivity index (χ2n) is 11.4. The van der Waals surface area contributed by atoms with Gasteiger partial charge in [0, 0.05) is 56.9 Å². The lowest BCUT2D eigenvalue weighted by molar-refractivity contribution is -0.133. The molecule has 0 radical (unpaired) electrons. The van der Waals surface area contributed by atoms with Gasteiger partial charge in [-0.2, -0.15) is 0 Å². The molecule has 2 unspecified atom stereocenters. The minimum absolute atomic E-state index is 0.0746. The Morgan fingerprint density at radius 3 is 2.43 bits per heavy atom. The predicted molar refractivity (Wildman–Crippen MR) is 174 cm³/mol. The highest BCUT2D eigenvalue weighted by molar-refractivity contribution is 9.09. The average Bonchev–Trinajstić information content (AvgIpc) is 3.67. The number of H-pyrrole nitrogens is 2. The summed E-state index contributed by atoms with van der Waals surface area (Å²) in [5.41, 5.74) is 14.4. The molecule has 0 saturated carbocycles. The first-order valence-electron chi connectivity index (χ1n) is 14.8. The number of ether oxygens (including phenoxy) is 2. The van der Waals surface area contributed by atoms with Gasteiger partial charge in [0.25, 0.3) is 0 Å². The molecule has 8 heteroatoms. The summed E-state index contributed by atoms with van der Waals surface area (Å²) in [5, 5.41) is 0.914. The van der Waals surface area contributed by atoms with Gasteiger partial charge in [-0.05, 0) is 99.9 Å². The van der Waals surface area contributed by atoms with Crippen molar-refractivity contribution in [2.24, 2.45) is 0 Å². The molecule has 0 fully saturated rings. The standard InChI is InChI=1S/C34H41BrN4O3/c1-9-23-18(3)26-16-30-31(22(7)42-12-10-11-35)19(4)27(38-30)14-24-17(2)13-25(36-24)21(6)33-32(34(40)41-8)20(5)28(39-33)15-29(23)37-26/h14-17,22,37-38H,9-13H2,1-8H3. The summed E-state index contributed by atoms with van der Waals surface area (Å²) < 4.78 is 11.5. The zero-order valence-corrected chi connectivity index (χ0v) is 27.5. The Bertz CT molecular complexity index is 1750. The number of rotatable bonds is 7. The van der Waals surface area contributed by atoms with Gasteiger partial charge in [-0.25, -0.2) is 9.78 Å². The molecule has 3 aromatic heterocycles. The van der Waals surface area contributed by atoms with Crippen LogP contribution in [0.2, 0.25) is 0 Å². The van der Waals surface area contributed by atoms with Crippen LogP contribution in [-0.2, 0) is 27.1 Å². The molecule has 42 heavy (non-hydrogen) atoms. The zero-order chi connectivity index (χ0) is 30.3. The first kappa shape index (κ1) is 30.2. The molecule has 5 heterocycles. The highest BCUT2D eigenvalue weighted by atomic mass is 79.9. The number of fused-ring (bicyclic) bond motifs is 8. The zero-order valence-electron chi connectivity index (χ0n) is 25.9. The fourth-order valence-electron chi connectivity index (χ4n) is 6.25. The van der Waals surface area contributed by atoms with Gasteiger partial charge < -0.3 is 19.4 Å². The number of aromatic amines is 2. The van der Waals surface area contributed by atoms with Crippen molar-refractivity contribution < 1.29 is 14.3 Å². The Kier molecular flexibility index (Phi) is 8.76. The average molecular weight is 634 g/mol. The first-order valence-corrected chi connectivity index (χ1v) is 15.9. The first-order chi connectivity index (χ1) is 20.1. The van der Waals surface area contributed by atoms with Gasteiger partial charge >= 0.3 is 5.97 Å². The van der Waals surface area contributed by atoms with Gasteiger partial charge in [-0.15, -0.1) is 0 Å². The number of carbonyl (C=O) groups is 1. The van der Waals surface area contributed by atoms with Crippen molar-refractivity contribution in [2.75, 3.05) is 19.0 Å². The number of allylic oxidation sites excluding steroid dienone is 1. The number of alkyl halides is 1. The van der Waals surface area contributed by atoms with E-state index in [1.807, 2.05) is 13.8 Å². The molecule has 3 aromatic rings. The van der Waals surface area contributed by atoms with E-state index in [0.717, 1.165) is 86.0 Å². The van der Waals surface area contributed by atoms with Crippen LogP contribution in [0.25, 0.3) is 33.2 Å². The molecular weight excluding hydrogens is 592 g/mol. The van der Waals surface area contributed by atoms with Crippen LogP contribution in [0.4, 0.5) is 0 Å². The third-order valence-corrected chi connectivity index (χ3v) is 9.32. The molecular formula is C34H41BrN4O3. The fraction of sp³-hybridized carbons (Fsp3) is 0.441. The molecule has 8 bridgehead atoms. The van der Waals surface area contributed by atoms with Crippen molar-refractivity contribution in [3.05, 3.63) is 68.8 Å². The van der Waals surface area contributed by atoms with E-state index >= 15 is 0 Å². The van der Waals surface area contributed by atoms with E-state index in [-0.39, 0.29) is 18.0 Å². The second-order valence-corrected chi connectivity index (χ2v) is 12.2. The van der Waals surface area contributed by atoms with E-state index in [1.165, 1.54) is 18.2 Å². The normalized spacial score (nSPS) is 15.8. The van der Waals surface area contributed by atoms with Gasteiger partial charge in [-0.1, -0.05) is 29.8 Å². The molecule has 5 rings (SSSR count). The number of hydrogen-bond donors (Lipinski definition) is 2. The number of carbonyl (C=O) groups excluding carboxylic acids is 1. The Balaban J connectivity index is 1.91. The van der Waals surface area contributed by atoms with E-state index in [9.17, 15) is 4.79 Å². The minimum atomic E-state index is -0.379. The monoisotopic (exact) mass is 632 g/mol. The molecule has 0 aromatic carbocycles. The highest BCUT2D eigenvalue weighted by Crippen LogP contribution is 2.36. The van der Waals surface area contributed by atoms with Gasteiger partial charge in [0.2, 0.25) is 0 Å². The quantitative estimate of drug-likeness (QED) is 0.156. The maximum atomic E-state index is 13.0. The molecule has 0 spiro atoms. The lowest BCUT2D eigenvalue weighted by Crippen LogP contribution is -2.05. The maximum Gasteiger partial charge on any atom is 0.340 e. The van der Waals surface area contributed by atoms with Gasteiger partial charge in [0.15, 0.2) is 0 Å². The van der Waals surface area contributed by atoms with Crippen molar-refractivity contribution in [2.45, 2.75) is 79.8 Å². The Morgan fingerprint density at radius 2 is 1.74 bits per heavy atom. The number of aryl methyl sites for hydroxylation is 3. The number of hydrogen-bond acceptors (Lipinski definition) is 5. The number of esters is 1. The van der Waals surface area contributed by atoms with E-state index in [4.69, 9.17) is 19.4 Å². The summed E-state index contributed by atoms with van der Waals surface area (Å²) >= 11 is 3.52. The predicted octanol–water partition coefficient (Wildman–Crippen LogP) is 8.11. The van der Waals surface area contributed by atoms with Crippen LogP contribution in [0, 0.1) is 20.8 Å². The lowest BCUT2D eigenvalue weighted by Gasteiger charge is -2.13. The van der Waals surface area contributed by atoms with Gasteiger partial charge in [0.05, 0.1) is 30.2 Å². The fourth-order valence-corrected chi connectivity index (χ4v) is 6.48. The third-order valence-electron chi connectivity index (χ3n) is 8.76. The Labute approximate surface area is 256 Å². The van der Waals surface area contributed by atoms with Crippen LogP contribution < -0.4 is 0 Å². The van der Waals surface area contributed by atoms with Crippen LogP contribution in [-0.4, -0.2) is 45.0 Å². The Morgan fingerprint density at radius 1 is 1.02 bits per heavy atom. The van der Waals surface area contributed by atoms with Crippen LogP contribution in [0.15, 0.2) is 18.2 Å². The molecule has 2 aliphatic rings. The van der Waals surface area contributed by atoms with Crippen molar-refractivity contribution in [1.29, 1.82) is 0 Å². The maximum absolute atomic E-state index is 13.0. The minimum Gasteiger partial charge on any atom is -0.465 e. The van der Waals surface area contributed by atoms with E-state index in [0.29, 0.717) is 17.9 Å². The lowest BCUT2D eigenvalue weighted by atomic mass is 9.99. The summed E-state index contributed by atoms with van der Waals surface area (Å²) in [6, 6.07) is 6.44. The number of halogens is 1. The van der Waals surface area contributed by atoms with Crippen molar-refractivity contribution in [1.82, 2.24) is 19.9 Å². The van der Waals surface area contributed by atoms with Crippen LogP contribution in [0.5, 0.6) is 0 Å². The van der Waals surface area contributed by atoms with Crippen LogP contribution in [0.3, 0.4) is 0 Å². The summed E-state index contributed by atoms with van der Waals surface area (Å²) in [7, 11) is 1.42. The molecule has 2 aliphatic heterocycles. The summed E-state index contributed by atoms with van der Waals surface area (Å²) in [6.07, 6.45) is 2.52. The smallest absolute Gasteiger partial charge is 0.340 e. The molecule has 2 atom stereocenters. The number of nitrogens with zero attached hydrogens (tertiary/aromatic N) is 2.